The van der Waals surface area contributed by atoms with Crippen molar-refractivity contribution in [3.63, 3.8) is 0 Å². The molecule has 2 amide bonds. The van der Waals surface area contributed by atoms with Crippen LogP contribution in [0.4, 0.5) is 35.5 Å². The highest BCUT2D eigenvalue weighted by atomic mass is 16.5. The molecule has 3 aliphatic rings. The Morgan fingerprint density at radius 3 is 1.38 bits per heavy atom. The van der Waals surface area contributed by atoms with Crippen LogP contribution in [0.2, 0.25) is 0 Å². The normalized spacial score (nSPS) is 15.5. The molecule has 2 aliphatic carbocycles. The third-order valence-electron chi connectivity index (χ3n) is 25.1. The van der Waals surface area contributed by atoms with E-state index in [-0.39, 0.29) is 71.5 Å². The summed E-state index contributed by atoms with van der Waals surface area (Å²) in [5.41, 5.74) is 35.4. The summed E-state index contributed by atoms with van der Waals surface area (Å²) in [5.74, 6) is 6.53. The molecule has 18 rings (SSSR count). The molecule has 0 spiro atoms. The molecule has 0 bridgehead atoms. The number of benzene rings is 4. The lowest BCUT2D eigenvalue weighted by Gasteiger charge is -2.31. The van der Waals surface area contributed by atoms with Crippen LogP contribution in [-0.2, 0) is 49.1 Å². The van der Waals surface area contributed by atoms with Gasteiger partial charge in [-0.05, 0) is 136 Å². The number of rotatable bonds is 28. The molecule has 1 saturated heterocycles. The molecule has 12 heterocycles. The van der Waals surface area contributed by atoms with Gasteiger partial charge in [0, 0.05) is 120 Å². The van der Waals surface area contributed by atoms with E-state index in [9.17, 15) is 14.7 Å². The molecule has 3 fully saturated rings. The number of nitrogens with two attached hydrogens (primary N) is 4. The van der Waals surface area contributed by atoms with E-state index in [0.29, 0.717) is 107 Å². The number of aliphatic hydroxyl groups is 1. The van der Waals surface area contributed by atoms with Crippen molar-refractivity contribution in [2.45, 2.75) is 142 Å². The van der Waals surface area contributed by atoms with Crippen molar-refractivity contribution >= 4 is 47.3 Å². The van der Waals surface area contributed by atoms with Crippen LogP contribution in [0.3, 0.4) is 0 Å². The van der Waals surface area contributed by atoms with E-state index in [1.807, 2.05) is 36.1 Å². The highest BCUT2D eigenvalue weighted by Crippen LogP contribution is 2.53. The Bertz CT molecular complexity index is 6370. The van der Waals surface area contributed by atoms with Gasteiger partial charge in [-0.3, -0.25) is 23.9 Å². The first-order valence-corrected chi connectivity index (χ1v) is 43.6. The van der Waals surface area contributed by atoms with E-state index in [1.165, 1.54) is 9.58 Å². The minimum absolute atomic E-state index is 0.0456. The molecule has 11 aromatic heterocycles. The number of amides is 2. The highest BCUT2D eigenvalue weighted by molar-refractivity contribution is 5.76. The zero-order valence-corrected chi connectivity index (χ0v) is 76.0. The third kappa shape index (κ3) is 20.3. The van der Waals surface area contributed by atoms with E-state index in [1.54, 1.807) is 113 Å². The Labute approximate surface area is 762 Å². The largest absolute Gasteiger partial charge is 0.391 e. The fourth-order valence-electron chi connectivity index (χ4n) is 15.9. The first-order valence-electron chi connectivity index (χ1n) is 43.6. The molecule has 38 nitrogen and oxygen atoms in total. The average Bonchev–Trinajstić information content (AvgIpc) is 1.61. The number of piperidine rings is 1. The Morgan fingerprint density at radius 2 is 0.939 bits per heavy atom. The van der Waals surface area contributed by atoms with Crippen LogP contribution in [0.1, 0.15) is 145 Å². The number of nitrogen functional groups attached to an aromatic ring is 4. The molecule has 1 aliphatic heterocycles. The van der Waals surface area contributed by atoms with Crippen LogP contribution in [0.25, 0.3) is 79.1 Å². The highest BCUT2D eigenvalue weighted by Gasteiger charge is 2.50. The Morgan fingerprint density at radius 1 is 0.500 bits per heavy atom. The van der Waals surface area contributed by atoms with Crippen molar-refractivity contribution in [1.82, 2.24) is 120 Å². The number of carbonyl (C=O) groups excluding carboxylic acids is 2. The van der Waals surface area contributed by atoms with Crippen molar-refractivity contribution in [2.24, 2.45) is 23.7 Å². The smallest absolute Gasteiger partial charge is 0.324 e. The van der Waals surface area contributed by atoms with Crippen LogP contribution < -0.4 is 38.5 Å². The van der Waals surface area contributed by atoms with Crippen LogP contribution in [0, 0.1) is 30.6 Å². The predicted octanol–water partition coefficient (Wildman–Crippen LogP) is 12.1. The summed E-state index contributed by atoms with van der Waals surface area (Å²) in [6, 6.07) is 33.6. The molecule has 38 heteroatoms. The number of likely N-dealkylation sites (N-methyl/N-ethyl adjacent to an activating group) is 2. The Balaban J connectivity index is 0.000000135. The molecule has 11 N–H and O–H groups in total. The summed E-state index contributed by atoms with van der Waals surface area (Å²) in [6.45, 7) is 21.9. The van der Waals surface area contributed by atoms with Crippen LogP contribution >= 0.6 is 0 Å². The average molecular weight is 1790 g/mol. The summed E-state index contributed by atoms with van der Waals surface area (Å²) in [6.07, 6.45) is 27.7. The maximum atomic E-state index is 12.0. The number of nitrogens with zero attached hydrogens (tertiary/aromatic N) is 24. The topological polar surface area (TPSA) is 518 Å². The van der Waals surface area contributed by atoms with Gasteiger partial charge in [0.2, 0.25) is 29.7 Å². The van der Waals surface area contributed by atoms with E-state index < -0.39 is 10.8 Å². The maximum absolute atomic E-state index is 12.0. The SMILES string of the molecule is CC(c1ccc(-c2cnc(N)nc2)cc1)(c1noc(N2CCC[C@@H](O)C2)n1)C1CC1.CNC(=O)Cn1cc(-c2nc(C(C)(c3ccc(-c4cnc(N)nc4)cc3)C(C)C)no2)cn1.COCCNc1cnc(-c2nc([C@](C)(c3ccc(-c4cnc(N)nc4)cc3)C(C)C)no2)cn1.Cc1nc(N)cnc1-c1ccc([C@](C)(c2noc(-c3cnn(CC(=O)N(C)C)c3)n2)C2CC2)cc1. The van der Waals surface area contributed by atoms with Gasteiger partial charge >= 0.3 is 6.01 Å². The number of aryl methyl sites for hydroxylation is 1. The number of anilines is 6. The number of β-amino-alcohol motifs (C(OH)–C–C–N with tert-alkyl or cyclic N) is 1. The van der Waals surface area contributed by atoms with E-state index in [4.69, 9.17) is 60.7 Å². The van der Waals surface area contributed by atoms with Crippen LogP contribution in [0.5, 0.6) is 0 Å². The monoisotopic (exact) mass is 1780 g/mol. The zero-order valence-electron chi connectivity index (χ0n) is 76.0. The summed E-state index contributed by atoms with van der Waals surface area (Å²) in [7, 11) is 6.66. The molecule has 682 valence electrons. The molecule has 5 atom stereocenters. The number of methoxy groups -OCH3 is 1. The quantitative estimate of drug-likeness (QED) is 0.0224. The zero-order chi connectivity index (χ0) is 93.2. The van der Waals surface area contributed by atoms with Crippen molar-refractivity contribution in [3.05, 3.63) is 229 Å². The standard InChI is InChI=1S/C25H28N8O2.C24H28N8O2.C23H26N8O2.C22H26N6O2/c1-15-22(27-12-20(26)29-15)16-5-7-18(8-6-16)25(2,19-9-10-19)24-30-23(35-31-24)17-11-28-33(13-17)14-21(34)32(3)4;1-15(2)24(3,18-7-5-16(6-8-18)17-11-29-23(25)30-12-17)22-31-21(34-32-22)19-13-28-20(14-27-19)26-9-10-33-4;1-14(2)23(3,18-7-5-15(6-8-18)16-9-26-22(24)27-10-16)21-29-20(33-30-21)17-11-28-31(12-17)13-19(32)25-4;1-22(17-8-9-17,19-26-21(30-27-19)28-10-2-3-18(29)13-28)16-6-4-14(5-7-16)15-11-24-20(23)25-12-15/h5-8,11-13,19H,9-10,14H2,1-4H3,(H2,26,29);5-8,11-15H,9-10H2,1-4H3,(H,26,28)(H2,25,29,30);5-12,14H,13H2,1-4H3,(H,25,32)(H2,24,26,27);4-7,11-12,17-18,29H,2-3,8-10,13H2,1H3,(H2,23,24,25)/t25-;24-;;18-,22?/m00.1/s1. The van der Waals surface area contributed by atoms with Gasteiger partial charge in [0.25, 0.3) is 17.7 Å². The van der Waals surface area contributed by atoms with Crippen molar-refractivity contribution in [3.8, 4) is 79.1 Å². The van der Waals surface area contributed by atoms with Crippen molar-refractivity contribution in [1.29, 1.82) is 0 Å². The number of hydrogen-bond acceptors (Lipinski definition) is 34. The van der Waals surface area contributed by atoms with Crippen LogP contribution in [0.15, 0.2) is 196 Å². The number of hydrogen-bond donors (Lipinski definition) is 7. The Hall–Kier alpha value is -15.1. The molecule has 15 aromatic rings. The van der Waals surface area contributed by atoms with E-state index in [0.717, 1.165) is 118 Å². The van der Waals surface area contributed by atoms with Gasteiger partial charge < -0.3 is 71.3 Å². The van der Waals surface area contributed by atoms with Crippen molar-refractivity contribution < 1.29 is 37.5 Å². The number of aliphatic hydroxyl groups excluding tert-OH is 1. The van der Waals surface area contributed by atoms with Crippen molar-refractivity contribution in [2.75, 3.05) is 87.6 Å². The lowest BCUT2D eigenvalue weighted by Crippen LogP contribution is -2.38. The molecular weight excluding hydrogens is 1680 g/mol. The van der Waals surface area contributed by atoms with Gasteiger partial charge in [-0.2, -0.15) is 30.1 Å². The summed E-state index contributed by atoms with van der Waals surface area (Å²) in [5, 5.41) is 41.5. The molecule has 2 saturated carbocycles. The molecule has 0 radical (unpaired) electrons. The van der Waals surface area contributed by atoms with Gasteiger partial charge in [-0.25, -0.2) is 44.9 Å². The second-order valence-electron chi connectivity index (χ2n) is 34.6. The molecule has 132 heavy (non-hydrogen) atoms. The van der Waals surface area contributed by atoms with Crippen LogP contribution in [-0.4, -0.2) is 192 Å². The minimum atomic E-state index is -0.490. The lowest BCUT2D eigenvalue weighted by molar-refractivity contribution is -0.129. The van der Waals surface area contributed by atoms with Gasteiger partial charge in [0.05, 0.1) is 87.9 Å². The third-order valence-corrected chi connectivity index (χ3v) is 25.1. The Kier molecular flexibility index (Phi) is 27.4. The first kappa shape index (κ1) is 91.7. The van der Waals surface area contributed by atoms with E-state index >= 15 is 0 Å². The maximum Gasteiger partial charge on any atom is 0.324 e. The van der Waals surface area contributed by atoms with Gasteiger partial charge in [0.15, 0.2) is 23.3 Å². The minimum Gasteiger partial charge on any atom is -0.391 e. The second kappa shape index (κ2) is 39.5. The first-order chi connectivity index (χ1) is 63.5. The fraction of sp³-hybridized carbons (Fsp3) is 0.362. The summed E-state index contributed by atoms with van der Waals surface area (Å²) < 4.78 is 30.5. The predicted molar refractivity (Wildman–Crippen MR) is 494 cm³/mol. The lowest BCUT2D eigenvalue weighted by atomic mass is 9.72. The summed E-state index contributed by atoms with van der Waals surface area (Å²) >= 11 is 0. The molecule has 4 aromatic carbocycles. The molecule has 2 unspecified atom stereocenters. The van der Waals surface area contributed by atoms with E-state index in [2.05, 4.69) is 224 Å². The van der Waals surface area contributed by atoms with Gasteiger partial charge in [-0.15, -0.1) is 0 Å². The van der Waals surface area contributed by atoms with Gasteiger partial charge in [-0.1, -0.05) is 145 Å². The summed E-state index contributed by atoms with van der Waals surface area (Å²) in [4.78, 5) is 88.0. The second-order valence-corrected chi connectivity index (χ2v) is 34.6. The fourth-order valence-corrected chi connectivity index (χ4v) is 15.9. The number of carbonyl (C=O) groups is 2. The number of ether oxygens (including phenoxy) is 1. The molecular formula is C94H108N30O8. The van der Waals surface area contributed by atoms with Gasteiger partial charge in [0.1, 0.15) is 30.4 Å². The number of nitrogens with one attached hydrogen (secondary N) is 2. The number of aromatic nitrogens is 22.